The minimum absolute atomic E-state index is 0.0182. The van der Waals surface area contributed by atoms with Gasteiger partial charge in [-0.05, 0) is 31.5 Å². The van der Waals surface area contributed by atoms with Crippen molar-refractivity contribution in [3.05, 3.63) is 34.4 Å². The summed E-state index contributed by atoms with van der Waals surface area (Å²) in [6.45, 7) is 1.61. The zero-order valence-corrected chi connectivity index (χ0v) is 10.3. The summed E-state index contributed by atoms with van der Waals surface area (Å²) in [4.78, 5) is 21.6. The first-order valence-electron chi connectivity index (χ1n) is 6.08. The van der Waals surface area contributed by atoms with Crippen molar-refractivity contribution in [1.82, 2.24) is 5.32 Å². The van der Waals surface area contributed by atoms with E-state index in [9.17, 15) is 14.9 Å². The predicted octanol–water partition coefficient (Wildman–Crippen LogP) is 1.90. The largest absolute Gasteiger partial charge is 0.445 e. The molecule has 0 spiro atoms. The smallest absolute Gasteiger partial charge is 0.411 e. The Morgan fingerprint density at radius 3 is 2.74 bits per heavy atom. The number of hydrogen-bond acceptors (Lipinski definition) is 5. The Balaban J connectivity index is 1.85. The number of non-ortho nitro benzene ring substituents is 1. The fourth-order valence-corrected chi connectivity index (χ4v) is 1.89. The lowest BCUT2D eigenvalue weighted by molar-refractivity contribution is -0.384. The first-order chi connectivity index (χ1) is 9.15. The molecule has 1 aromatic rings. The number of anilines is 1. The summed E-state index contributed by atoms with van der Waals surface area (Å²) in [6.07, 6.45) is 1.17. The summed E-state index contributed by atoms with van der Waals surface area (Å²) in [5.74, 6) is 0. The summed E-state index contributed by atoms with van der Waals surface area (Å²) < 4.78 is 5.23. The van der Waals surface area contributed by atoms with Crippen LogP contribution in [0.1, 0.15) is 12.8 Å². The van der Waals surface area contributed by atoms with Gasteiger partial charge in [0, 0.05) is 24.4 Å². The van der Waals surface area contributed by atoms with Crippen LogP contribution >= 0.6 is 0 Å². The molecule has 7 nitrogen and oxygen atoms in total. The Morgan fingerprint density at radius 2 is 2.16 bits per heavy atom. The SMILES string of the molecule is O=C(Nc1ccc([N+](=O)[O-])cc1)O[C@H]1CCCNC1. The Morgan fingerprint density at radius 1 is 1.42 bits per heavy atom. The molecule has 1 amide bonds. The molecule has 0 aliphatic carbocycles. The maximum Gasteiger partial charge on any atom is 0.411 e. The molecular formula is C12H15N3O4. The molecule has 102 valence electrons. The number of benzene rings is 1. The van der Waals surface area contributed by atoms with Crippen LogP contribution in [0.15, 0.2) is 24.3 Å². The molecule has 1 saturated heterocycles. The van der Waals surface area contributed by atoms with E-state index in [1.54, 1.807) is 0 Å². The predicted molar refractivity (Wildman–Crippen MR) is 69.1 cm³/mol. The standard InChI is InChI=1S/C12H15N3O4/c16-12(19-11-2-1-7-13-8-11)14-9-3-5-10(6-4-9)15(17)18/h3-6,11,13H,1-2,7-8H2,(H,14,16)/t11-/m0/s1. The highest BCUT2D eigenvalue weighted by Gasteiger charge is 2.17. The van der Waals surface area contributed by atoms with Crippen LogP contribution in [-0.4, -0.2) is 30.2 Å². The van der Waals surface area contributed by atoms with Crippen molar-refractivity contribution in [2.75, 3.05) is 18.4 Å². The van der Waals surface area contributed by atoms with Crippen LogP contribution in [0.25, 0.3) is 0 Å². The molecule has 7 heteroatoms. The van der Waals surface area contributed by atoms with E-state index in [1.165, 1.54) is 24.3 Å². The van der Waals surface area contributed by atoms with Gasteiger partial charge >= 0.3 is 6.09 Å². The van der Waals surface area contributed by atoms with Crippen molar-refractivity contribution >= 4 is 17.5 Å². The average molecular weight is 265 g/mol. The number of piperidine rings is 1. The van der Waals surface area contributed by atoms with Crippen LogP contribution in [0.4, 0.5) is 16.2 Å². The Labute approximate surface area is 110 Å². The van der Waals surface area contributed by atoms with Gasteiger partial charge in [-0.25, -0.2) is 4.79 Å². The lowest BCUT2D eigenvalue weighted by Crippen LogP contribution is -2.37. The molecule has 1 aliphatic heterocycles. The van der Waals surface area contributed by atoms with Gasteiger partial charge in [0.25, 0.3) is 5.69 Å². The monoisotopic (exact) mass is 265 g/mol. The number of nitro groups is 1. The van der Waals surface area contributed by atoms with Gasteiger partial charge in [0.1, 0.15) is 6.10 Å². The lowest BCUT2D eigenvalue weighted by atomic mass is 10.1. The van der Waals surface area contributed by atoms with E-state index in [1.807, 2.05) is 0 Å². The van der Waals surface area contributed by atoms with Gasteiger partial charge in [-0.1, -0.05) is 0 Å². The van der Waals surface area contributed by atoms with Crippen LogP contribution < -0.4 is 10.6 Å². The second kappa shape index (κ2) is 6.14. The molecule has 0 bridgehead atoms. The minimum atomic E-state index is -0.539. The number of amides is 1. The first-order valence-corrected chi connectivity index (χ1v) is 6.08. The van der Waals surface area contributed by atoms with Crippen molar-refractivity contribution in [3.63, 3.8) is 0 Å². The van der Waals surface area contributed by atoms with Crippen molar-refractivity contribution in [2.45, 2.75) is 18.9 Å². The third-order valence-electron chi connectivity index (χ3n) is 2.85. The van der Waals surface area contributed by atoms with E-state index in [4.69, 9.17) is 4.74 Å². The number of nitro benzene ring substituents is 1. The number of nitrogens with one attached hydrogen (secondary N) is 2. The van der Waals surface area contributed by atoms with Gasteiger partial charge in [0.2, 0.25) is 0 Å². The van der Waals surface area contributed by atoms with E-state index in [0.29, 0.717) is 12.2 Å². The molecule has 1 heterocycles. The molecule has 0 unspecified atom stereocenters. The average Bonchev–Trinajstić information content (AvgIpc) is 2.40. The molecule has 19 heavy (non-hydrogen) atoms. The van der Waals surface area contributed by atoms with E-state index >= 15 is 0 Å². The van der Waals surface area contributed by atoms with Crippen LogP contribution in [0.2, 0.25) is 0 Å². The molecule has 2 rings (SSSR count). The van der Waals surface area contributed by atoms with Gasteiger partial charge in [-0.2, -0.15) is 0 Å². The second-order valence-corrected chi connectivity index (χ2v) is 4.30. The highest BCUT2D eigenvalue weighted by Crippen LogP contribution is 2.16. The van der Waals surface area contributed by atoms with Gasteiger partial charge < -0.3 is 10.1 Å². The molecule has 2 N–H and O–H groups in total. The number of carbonyl (C=O) groups is 1. The quantitative estimate of drug-likeness (QED) is 0.643. The highest BCUT2D eigenvalue weighted by molar-refractivity contribution is 5.84. The normalized spacial score (nSPS) is 18.6. The van der Waals surface area contributed by atoms with Crippen LogP contribution in [0, 0.1) is 10.1 Å². The van der Waals surface area contributed by atoms with Gasteiger partial charge in [0.15, 0.2) is 0 Å². The highest BCUT2D eigenvalue weighted by atomic mass is 16.6. The Kier molecular flexibility index (Phi) is 4.30. The minimum Gasteiger partial charge on any atom is -0.445 e. The topological polar surface area (TPSA) is 93.5 Å². The summed E-state index contributed by atoms with van der Waals surface area (Å²) in [5.41, 5.74) is 0.453. The molecule has 1 atom stereocenters. The van der Waals surface area contributed by atoms with E-state index in [2.05, 4.69) is 10.6 Å². The summed E-state index contributed by atoms with van der Waals surface area (Å²) in [7, 11) is 0. The van der Waals surface area contributed by atoms with Crippen LogP contribution in [0.3, 0.4) is 0 Å². The molecule has 0 aromatic heterocycles. The summed E-state index contributed by atoms with van der Waals surface area (Å²) in [6, 6.07) is 5.60. The van der Waals surface area contributed by atoms with Crippen LogP contribution in [-0.2, 0) is 4.74 Å². The van der Waals surface area contributed by atoms with Gasteiger partial charge in [-0.3, -0.25) is 15.4 Å². The fraction of sp³-hybridized carbons (Fsp3) is 0.417. The van der Waals surface area contributed by atoms with Crippen LogP contribution in [0.5, 0.6) is 0 Å². The van der Waals surface area contributed by atoms with Crippen molar-refractivity contribution < 1.29 is 14.5 Å². The molecule has 1 aromatic carbocycles. The van der Waals surface area contributed by atoms with E-state index in [-0.39, 0.29) is 11.8 Å². The Bertz CT molecular complexity index is 455. The van der Waals surface area contributed by atoms with Crippen molar-refractivity contribution in [2.24, 2.45) is 0 Å². The van der Waals surface area contributed by atoms with Crippen molar-refractivity contribution in [3.8, 4) is 0 Å². The van der Waals surface area contributed by atoms with E-state index < -0.39 is 11.0 Å². The third-order valence-corrected chi connectivity index (χ3v) is 2.85. The fourth-order valence-electron chi connectivity index (χ4n) is 1.89. The molecule has 0 saturated carbocycles. The third kappa shape index (κ3) is 3.92. The molecule has 1 fully saturated rings. The maximum absolute atomic E-state index is 11.6. The zero-order chi connectivity index (χ0) is 13.7. The number of carbonyl (C=O) groups excluding carboxylic acids is 1. The Hall–Kier alpha value is -2.15. The molecule has 1 aliphatic rings. The number of nitrogens with zero attached hydrogens (tertiary/aromatic N) is 1. The van der Waals surface area contributed by atoms with Gasteiger partial charge in [-0.15, -0.1) is 0 Å². The number of hydrogen-bond donors (Lipinski definition) is 2. The molecule has 0 radical (unpaired) electrons. The molecular weight excluding hydrogens is 250 g/mol. The van der Waals surface area contributed by atoms with E-state index in [0.717, 1.165) is 19.4 Å². The van der Waals surface area contributed by atoms with Gasteiger partial charge in [0.05, 0.1) is 4.92 Å². The maximum atomic E-state index is 11.6. The first kappa shape index (κ1) is 13.3. The number of rotatable bonds is 3. The second-order valence-electron chi connectivity index (χ2n) is 4.30. The number of ether oxygens (including phenoxy) is 1. The summed E-state index contributed by atoms with van der Waals surface area (Å²) in [5, 5.41) is 16.2. The zero-order valence-electron chi connectivity index (χ0n) is 10.3. The van der Waals surface area contributed by atoms with Crippen molar-refractivity contribution in [1.29, 1.82) is 0 Å². The summed E-state index contributed by atoms with van der Waals surface area (Å²) >= 11 is 0. The lowest BCUT2D eigenvalue weighted by Gasteiger charge is -2.22.